The molecular formula is C27H30BrN7O. The summed E-state index contributed by atoms with van der Waals surface area (Å²) in [6.45, 7) is 5.09. The molecule has 0 aliphatic carbocycles. The molecule has 4 aromatic rings. The SMILES string of the molecule is COc1nc(-c2nc3n(n2)CCC[C@@H]3c2cc(N3CCCCC3)ccc2Br)ccc1-n1cnc(C)c1. The lowest BCUT2D eigenvalue weighted by molar-refractivity contribution is 0.396. The Hall–Kier alpha value is -3.20. The zero-order valence-electron chi connectivity index (χ0n) is 20.7. The second-order valence-corrected chi connectivity index (χ2v) is 10.5. The zero-order valence-corrected chi connectivity index (χ0v) is 22.3. The Bertz CT molecular complexity index is 1390. The molecule has 5 heterocycles. The Morgan fingerprint density at radius 3 is 2.64 bits per heavy atom. The van der Waals surface area contributed by atoms with Crippen molar-refractivity contribution < 1.29 is 4.74 Å². The van der Waals surface area contributed by atoms with Gasteiger partial charge in [0.05, 0.1) is 19.1 Å². The smallest absolute Gasteiger partial charge is 0.238 e. The first kappa shape index (κ1) is 23.2. The molecule has 0 saturated carbocycles. The molecule has 2 aliphatic rings. The summed E-state index contributed by atoms with van der Waals surface area (Å²) in [4.78, 5) is 16.6. The van der Waals surface area contributed by atoms with Gasteiger partial charge in [0.15, 0.2) is 5.82 Å². The van der Waals surface area contributed by atoms with Crippen LogP contribution in [0.3, 0.4) is 0 Å². The van der Waals surface area contributed by atoms with Gasteiger partial charge < -0.3 is 14.2 Å². The summed E-state index contributed by atoms with van der Waals surface area (Å²) in [5.74, 6) is 2.34. The van der Waals surface area contributed by atoms with Crippen LogP contribution in [0.1, 0.15) is 55.1 Å². The van der Waals surface area contributed by atoms with E-state index < -0.39 is 0 Å². The standard InChI is InChI=1S/C27H30BrN7O/c1-18-16-34(17-29-18)24-11-10-23(30-27(24)36-2)25-31-26-20(7-6-14-35(26)32-25)21-15-19(8-9-22(21)28)33-12-4-3-5-13-33/h8-11,15-17,20H,3-7,12-14H2,1-2H3/t20-/m1/s1. The Labute approximate surface area is 219 Å². The maximum absolute atomic E-state index is 5.62. The first-order valence-electron chi connectivity index (χ1n) is 12.7. The lowest BCUT2D eigenvalue weighted by atomic mass is 9.90. The molecule has 6 rings (SSSR count). The summed E-state index contributed by atoms with van der Waals surface area (Å²) < 4.78 is 10.7. The first-order valence-corrected chi connectivity index (χ1v) is 13.5. The van der Waals surface area contributed by atoms with Crippen LogP contribution < -0.4 is 9.64 Å². The molecule has 9 heteroatoms. The predicted octanol–water partition coefficient (Wildman–Crippen LogP) is 5.52. The van der Waals surface area contributed by atoms with Gasteiger partial charge in [-0.25, -0.2) is 19.6 Å². The summed E-state index contributed by atoms with van der Waals surface area (Å²) in [6, 6.07) is 10.7. The molecule has 1 atom stereocenters. The van der Waals surface area contributed by atoms with Crippen LogP contribution in [0, 0.1) is 6.92 Å². The number of halogens is 1. The molecule has 2 aliphatic heterocycles. The maximum Gasteiger partial charge on any atom is 0.238 e. The minimum Gasteiger partial charge on any atom is -0.479 e. The van der Waals surface area contributed by atoms with Crippen LogP contribution in [0.2, 0.25) is 0 Å². The number of anilines is 1. The highest BCUT2D eigenvalue weighted by Gasteiger charge is 2.29. The first-order chi connectivity index (χ1) is 17.6. The Morgan fingerprint density at radius 1 is 1.00 bits per heavy atom. The molecule has 0 N–H and O–H groups in total. The molecule has 36 heavy (non-hydrogen) atoms. The molecule has 8 nitrogen and oxygen atoms in total. The fraction of sp³-hybridized carbons (Fsp3) is 0.407. The van der Waals surface area contributed by atoms with Gasteiger partial charge >= 0.3 is 0 Å². The van der Waals surface area contributed by atoms with Crippen molar-refractivity contribution in [3.8, 4) is 23.1 Å². The third kappa shape index (κ3) is 4.30. The largest absolute Gasteiger partial charge is 0.479 e. The molecule has 0 radical (unpaired) electrons. The number of rotatable bonds is 5. The van der Waals surface area contributed by atoms with E-state index in [1.165, 1.54) is 30.5 Å². The molecule has 0 spiro atoms. The van der Waals surface area contributed by atoms with Gasteiger partial charge in [0.25, 0.3) is 0 Å². The number of piperidine rings is 1. The van der Waals surface area contributed by atoms with Crippen LogP contribution in [-0.4, -0.2) is 49.5 Å². The fourth-order valence-electron chi connectivity index (χ4n) is 5.36. The third-order valence-corrected chi connectivity index (χ3v) is 7.93. The number of benzene rings is 1. The molecule has 1 fully saturated rings. The van der Waals surface area contributed by atoms with Crippen LogP contribution in [-0.2, 0) is 6.54 Å². The number of hydrogen-bond acceptors (Lipinski definition) is 6. The van der Waals surface area contributed by atoms with E-state index in [9.17, 15) is 0 Å². The van der Waals surface area contributed by atoms with Gasteiger partial charge in [-0.2, -0.15) is 0 Å². The number of imidazole rings is 1. The van der Waals surface area contributed by atoms with E-state index in [1.807, 2.05) is 29.8 Å². The maximum atomic E-state index is 5.62. The minimum absolute atomic E-state index is 0.189. The molecule has 186 valence electrons. The Balaban J connectivity index is 1.34. The van der Waals surface area contributed by atoms with Crippen LogP contribution >= 0.6 is 15.9 Å². The van der Waals surface area contributed by atoms with Gasteiger partial charge in [-0.1, -0.05) is 15.9 Å². The number of aryl methyl sites for hydroxylation is 2. The molecular weight excluding hydrogens is 518 g/mol. The van der Waals surface area contributed by atoms with Gasteiger partial charge in [0, 0.05) is 41.9 Å². The number of nitrogens with zero attached hydrogens (tertiary/aromatic N) is 7. The van der Waals surface area contributed by atoms with Gasteiger partial charge in [-0.05, 0) is 74.9 Å². The van der Waals surface area contributed by atoms with Crippen LogP contribution in [0.4, 0.5) is 5.69 Å². The van der Waals surface area contributed by atoms with Gasteiger partial charge in [-0.15, -0.1) is 5.10 Å². The van der Waals surface area contributed by atoms with Crippen molar-refractivity contribution in [1.82, 2.24) is 29.3 Å². The number of fused-ring (bicyclic) bond motifs is 1. The van der Waals surface area contributed by atoms with E-state index in [2.05, 4.69) is 48.7 Å². The number of aromatic nitrogens is 6. The van der Waals surface area contributed by atoms with Crippen molar-refractivity contribution in [2.75, 3.05) is 25.1 Å². The average molecular weight is 548 g/mol. The second-order valence-electron chi connectivity index (χ2n) is 9.61. The molecule has 1 saturated heterocycles. The van der Waals surface area contributed by atoms with E-state index in [0.717, 1.165) is 54.2 Å². The van der Waals surface area contributed by atoms with E-state index in [1.54, 1.807) is 13.4 Å². The molecule has 0 amide bonds. The Kier molecular flexibility index (Phi) is 6.25. The van der Waals surface area contributed by atoms with Crippen molar-refractivity contribution in [3.63, 3.8) is 0 Å². The van der Waals surface area contributed by atoms with Crippen molar-refractivity contribution in [1.29, 1.82) is 0 Å². The second kappa shape index (κ2) is 9.69. The Morgan fingerprint density at radius 2 is 1.86 bits per heavy atom. The molecule has 1 aromatic carbocycles. The lowest BCUT2D eigenvalue weighted by Gasteiger charge is -2.30. The lowest BCUT2D eigenvalue weighted by Crippen LogP contribution is -2.29. The average Bonchev–Trinajstić information content (AvgIpc) is 3.55. The topological polar surface area (TPSA) is 73.9 Å². The minimum atomic E-state index is 0.189. The predicted molar refractivity (Wildman–Crippen MR) is 143 cm³/mol. The highest BCUT2D eigenvalue weighted by Crippen LogP contribution is 2.39. The summed E-state index contributed by atoms with van der Waals surface area (Å²) in [5, 5.41) is 4.86. The van der Waals surface area contributed by atoms with E-state index in [4.69, 9.17) is 19.8 Å². The summed E-state index contributed by atoms with van der Waals surface area (Å²) in [6.07, 6.45) is 9.70. The fourth-order valence-corrected chi connectivity index (χ4v) is 5.88. The monoisotopic (exact) mass is 547 g/mol. The number of hydrogen-bond donors (Lipinski definition) is 0. The molecule has 3 aromatic heterocycles. The molecule has 0 bridgehead atoms. The quantitative estimate of drug-likeness (QED) is 0.327. The van der Waals surface area contributed by atoms with E-state index in [0.29, 0.717) is 17.4 Å². The van der Waals surface area contributed by atoms with Crippen molar-refractivity contribution in [2.24, 2.45) is 0 Å². The van der Waals surface area contributed by atoms with Gasteiger partial charge in [0.1, 0.15) is 17.2 Å². The van der Waals surface area contributed by atoms with Crippen LogP contribution in [0.25, 0.3) is 17.2 Å². The zero-order chi connectivity index (χ0) is 24.6. The summed E-state index contributed by atoms with van der Waals surface area (Å²) >= 11 is 3.83. The van der Waals surface area contributed by atoms with Crippen molar-refractivity contribution in [3.05, 3.63) is 64.4 Å². The van der Waals surface area contributed by atoms with Crippen molar-refractivity contribution in [2.45, 2.75) is 51.5 Å². The van der Waals surface area contributed by atoms with Crippen LogP contribution in [0.5, 0.6) is 5.88 Å². The van der Waals surface area contributed by atoms with E-state index >= 15 is 0 Å². The number of methoxy groups -OCH3 is 1. The number of pyridine rings is 1. The van der Waals surface area contributed by atoms with E-state index in [-0.39, 0.29) is 5.92 Å². The molecule has 0 unspecified atom stereocenters. The normalized spacial score (nSPS) is 17.8. The van der Waals surface area contributed by atoms with Gasteiger partial charge in [-0.3, -0.25) is 0 Å². The van der Waals surface area contributed by atoms with Gasteiger partial charge in [0.2, 0.25) is 5.88 Å². The highest BCUT2D eigenvalue weighted by molar-refractivity contribution is 9.10. The van der Waals surface area contributed by atoms with Crippen molar-refractivity contribution >= 4 is 21.6 Å². The van der Waals surface area contributed by atoms with Crippen LogP contribution in [0.15, 0.2) is 47.3 Å². The summed E-state index contributed by atoms with van der Waals surface area (Å²) in [7, 11) is 1.63. The third-order valence-electron chi connectivity index (χ3n) is 7.20. The highest BCUT2D eigenvalue weighted by atomic mass is 79.9. The number of ether oxygens (including phenoxy) is 1. The summed E-state index contributed by atoms with van der Waals surface area (Å²) in [5.41, 5.74) is 5.07.